The minimum absolute atomic E-state index is 0.0984. The Morgan fingerprint density at radius 1 is 1.22 bits per heavy atom. The maximum atomic E-state index is 12.3. The summed E-state index contributed by atoms with van der Waals surface area (Å²) in [7, 11) is 3.70. The number of aryl methyl sites for hydroxylation is 2. The molecule has 9 nitrogen and oxygen atoms in total. The molecule has 0 aromatic carbocycles. The van der Waals surface area contributed by atoms with Crippen LogP contribution in [-0.4, -0.2) is 53.2 Å². The van der Waals surface area contributed by atoms with E-state index in [1.807, 2.05) is 24.1 Å². The van der Waals surface area contributed by atoms with Crippen molar-refractivity contribution < 1.29 is 4.79 Å². The van der Waals surface area contributed by atoms with Crippen LogP contribution in [0.3, 0.4) is 0 Å². The van der Waals surface area contributed by atoms with Gasteiger partial charge in [-0.05, 0) is 18.6 Å². The van der Waals surface area contributed by atoms with Crippen LogP contribution in [0.15, 0.2) is 36.9 Å². The lowest BCUT2D eigenvalue weighted by Gasteiger charge is -2.33. The average molecular weight is 368 g/mol. The molecule has 9 heteroatoms. The summed E-state index contributed by atoms with van der Waals surface area (Å²) >= 11 is 0. The fraction of sp³-hybridized carbons (Fsp3) is 0.444. The highest BCUT2D eigenvalue weighted by molar-refractivity contribution is 5.92. The van der Waals surface area contributed by atoms with Gasteiger partial charge in [0.25, 0.3) is 5.91 Å². The maximum Gasteiger partial charge on any atom is 0.269 e. The molecule has 0 saturated carbocycles. The molecule has 0 aliphatic carbocycles. The number of fused-ring (bicyclic) bond motifs is 1. The zero-order valence-corrected chi connectivity index (χ0v) is 15.6. The van der Waals surface area contributed by atoms with Gasteiger partial charge in [-0.25, -0.2) is 0 Å². The Morgan fingerprint density at radius 3 is 2.81 bits per heavy atom. The van der Waals surface area contributed by atoms with E-state index in [4.69, 9.17) is 0 Å². The van der Waals surface area contributed by atoms with Crippen molar-refractivity contribution in [1.82, 2.24) is 39.6 Å². The summed E-state index contributed by atoms with van der Waals surface area (Å²) in [6.07, 6.45) is 8.26. The van der Waals surface area contributed by atoms with Crippen LogP contribution >= 0.6 is 0 Å². The van der Waals surface area contributed by atoms with Gasteiger partial charge in [-0.1, -0.05) is 0 Å². The first-order valence-corrected chi connectivity index (χ1v) is 9.08. The molecule has 0 spiro atoms. The van der Waals surface area contributed by atoms with Crippen LogP contribution in [-0.2, 0) is 27.2 Å². The minimum Gasteiger partial charge on any atom is -0.351 e. The number of carbonyl (C=O) groups excluding carboxylic acids is 1. The Bertz CT molecular complexity index is 923. The Hall–Kier alpha value is -2.94. The first kappa shape index (κ1) is 17.5. The lowest BCUT2D eigenvalue weighted by atomic mass is 10.1. The van der Waals surface area contributed by atoms with Crippen molar-refractivity contribution in [3.8, 4) is 0 Å². The van der Waals surface area contributed by atoms with Crippen molar-refractivity contribution in [2.24, 2.45) is 14.1 Å². The number of hydrogen-bond acceptors (Lipinski definition) is 5. The van der Waals surface area contributed by atoms with Crippen molar-refractivity contribution in [1.29, 1.82) is 0 Å². The van der Waals surface area contributed by atoms with Crippen LogP contribution in [0.2, 0.25) is 0 Å². The minimum atomic E-state index is -0.0984. The molecule has 27 heavy (non-hydrogen) atoms. The van der Waals surface area contributed by atoms with Crippen molar-refractivity contribution in [2.45, 2.75) is 25.6 Å². The summed E-state index contributed by atoms with van der Waals surface area (Å²) in [4.78, 5) is 14.7. The summed E-state index contributed by atoms with van der Waals surface area (Å²) in [6, 6.07) is 4.01. The third kappa shape index (κ3) is 3.77. The van der Waals surface area contributed by atoms with Gasteiger partial charge in [0.2, 0.25) is 0 Å². The molecule has 1 aliphatic heterocycles. The van der Waals surface area contributed by atoms with Gasteiger partial charge in [0, 0.05) is 64.4 Å². The van der Waals surface area contributed by atoms with Crippen LogP contribution < -0.4 is 5.32 Å². The molecule has 0 bridgehead atoms. The van der Waals surface area contributed by atoms with E-state index in [1.165, 1.54) is 11.3 Å². The summed E-state index contributed by atoms with van der Waals surface area (Å²) in [5.74, 6) is -0.0984. The Kier molecular flexibility index (Phi) is 4.76. The monoisotopic (exact) mass is 368 g/mol. The van der Waals surface area contributed by atoms with Gasteiger partial charge in [-0.15, -0.1) is 0 Å². The van der Waals surface area contributed by atoms with E-state index in [0.717, 1.165) is 26.1 Å². The Morgan fingerprint density at radius 2 is 2.07 bits per heavy atom. The summed E-state index contributed by atoms with van der Waals surface area (Å²) in [5, 5.41) is 15.8. The Balaban J connectivity index is 1.38. The SMILES string of the molecule is Cn1cc(CN2Cc3ccnn3[C@H](CCNC(=O)c3ccnn3C)C2)cn1. The molecule has 1 aliphatic rings. The Labute approximate surface area is 157 Å². The normalized spacial score (nSPS) is 17.0. The topological polar surface area (TPSA) is 85.8 Å². The summed E-state index contributed by atoms with van der Waals surface area (Å²) in [5.41, 5.74) is 2.97. The number of rotatable bonds is 6. The summed E-state index contributed by atoms with van der Waals surface area (Å²) in [6.45, 7) is 3.21. The molecule has 1 atom stereocenters. The van der Waals surface area contributed by atoms with Crippen LogP contribution in [0.1, 0.15) is 34.2 Å². The van der Waals surface area contributed by atoms with Gasteiger partial charge in [0.15, 0.2) is 0 Å². The number of amides is 1. The van der Waals surface area contributed by atoms with Crippen LogP contribution in [0.4, 0.5) is 0 Å². The second-order valence-corrected chi connectivity index (χ2v) is 7.00. The van der Waals surface area contributed by atoms with Crippen molar-refractivity contribution in [3.05, 3.63) is 53.9 Å². The average Bonchev–Trinajstić information content (AvgIpc) is 3.36. The fourth-order valence-electron chi connectivity index (χ4n) is 3.65. The molecule has 0 radical (unpaired) electrons. The van der Waals surface area contributed by atoms with Crippen molar-refractivity contribution in [2.75, 3.05) is 13.1 Å². The molecule has 4 rings (SSSR count). The quantitative estimate of drug-likeness (QED) is 0.693. The third-order valence-corrected chi connectivity index (χ3v) is 4.93. The number of hydrogen-bond donors (Lipinski definition) is 1. The van der Waals surface area contributed by atoms with Gasteiger partial charge < -0.3 is 5.32 Å². The number of carbonyl (C=O) groups is 1. The first-order valence-electron chi connectivity index (χ1n) is 9.08. The van der Waals surface area contributed by atoms with E-state index in [1.54, 1.807) is 24.0 Å². The highest BCUT2D eigenvalue weighted by atomic mass is 16.2. The maximum absolute atomic E-state index is 12.3. The highest BCUT2D eigenvalue weighted by Gasteiger charge is 2.25. The van der Waals surface area contributed by atoms with Gasteiger partial charge in [0.05, 0.1) is 17.9 Å². The molecule has 1 N–H and O–H groups in total. The first-order chi connectivity index (χ1) is 13.1. The molecule has 142 valence electrons. The van der Waals surface area contributed by atoms with Crippen LogP contribution in [0.5, 0.6) is 0 Å². The molecule has 3 aromatic heterocycles. The van der Waals surface area contributed by atoms with E-state index in [9.17, 15) is 4.79 Å². The molecule has 4 heterocycles. The molecule has 1 amide bonds. The van der Waals surface area contributed by atoms with Gasteiger partial charge in [-0.3, -0.25) is 23.7 Å². The smallest absolute Gasteiger partial charge is 0.269 e. The zero-order chi connectivity index (χ0) is 18.8. The lowest BCUT2D eigenvalue weighted by molar-refractivity contribution is 0.0937. The molecule has 0 saturated heterocycles. The van der Waals surface area contributed by atoms with E-state index in [-0.39, 0.29) is 11.9 Å². The largest absolute Gasteiger partial charge is 0.351 e. The van der Waals surface area contributed by atoms with E-state index in [2.05, 4.69) is 42.5 Å². The van der Waals surface area contributed by atoms with E-state index in [0.29, 0.717) is 12.2 Å². The second kappa shape index (κ2) is 7.36. The standard InChI is InChI=1S/C18H24N8O/c1-23-10-14(9-22-23)11-25-12-15(26-16(13-25)4-7-21-26)3-6-19-18(27)17-5-8-20-24(17)2/h4-5,7-10,15H,3,6,11-13H2,1-2H3,(H,19,27)/t15-/m1/s1. The van der Waals surface area contributed by atoms with Crippen molar-refractivity contribution in [3.63, 3.8) is 0 Å². The number of aromatic nitrogens is 6. The molecule has 0 fully saturated rings. The van der Waals surface area contributed by atoms with E-state index >= 15 is 0 Å². The lowest BCUT2D eigenvalue weighted by Crippen LogP contribution is -2.39. The van der Waals surface area contributed by atoms with Gasteiger partial charge in [-0.2, -0.15) is 15.3 Å². The van der Waals surface area contributed by atoms with Gasteiger partial charge in [0.1, 0.15) is 5.69 Å². The van der Waals surface area contributed by atoms with Gasteiger partial charge >= 0.3 is 0 Å². The second-order valence-electron chi connectivity index (χ2n) is 7.00. The molecular formula is C18H24N8O. The van der Waals surface area contributed by atoms with Crippen LogP contribution in [0.25, 0.3) is 0 Å². The number of nitrogens with zero attached hydrogens (tertiary/aromatic N) is 7. The fourth-order valence-corrected chi connectivity index (χ4v) is 3.65. The van der Waals surface area contributed by atoms with Crippen LogP contribution in [0, 0.1) is 0 Å². The summed E-state index contributed by atoms with van der Waals surface area (Å²) < 4.78 is 5.50. The third-order valence-electron chi connectivity index (χ3n) is 4.93. The van der Waals surface area contributed by atoms with Crippen molar-refractivity contribution >= 4 is 5.91 Å². The molecule has 3 aromatic rings. The van der Waals surface area contributed by atoms with E-state index < -0.39 is 0 Å². The predicted octanol–water partition coefficient (Wildman–Crippen LogP) is 0.727. The number of nitrogens with one attached hydrogen (secondary N) is 1. The molecular weight excluding hydrogens is 344 g/mol. The zero-order valence-electron chi connectivity index (χ0n) is 15.6. The highest BCUT2D eigenvalue weighted by Crippen LogP contribution is 2.24. The predicted molar refractivity (Wildman–Crippen MR) is 98.7 cm³/mol. The molecule has 0 unspecified atom stereocenters.